The van der Waals surface area contributed by atoms with Gasteiger partial charge in [0.15, 0.2) is 0 Å². The summed E-state index contributed by atoms with van der Waals surface area (Å²) in [6.45, 7) is 3.31. The van der Waals surface area contributed by atoms with Crippen molar-refractivity contribution in [3.05, 3.63) is 108 Å². The molecule has 1 heterocycles. The maximum Gasteiger partial charge on any atom is 0.309 e. The van der Waals surface area contributed by atoms with E-state index in [1.807, 2.05) is 37.3 Å². The Hall–Kier alpha value is -5.44. The zero-order valence-corrected chi connectivity index (χ0v) is 23.5. The van der Waals surface area contributed by atoms with Gasteiger partial charge in [-0.05, 0) is 73.2 Å². The average molecular weight is 566 g/mol. The number of rotatable bonds is 8. The van der Waals surface area contributed by atoms with Crippen LogP contribution in [-0.2, 0) is 4.79 Å². The van der Waals surface area contributed by atoms with Crippen molar-refractivity contribution in [1.82, 2.24) is 9.78 Å². The van der Waals surface area contributed by atoms with E-state index in [1.165, 1.54) is 31.2 Å². The van der Waals surface area contributed by atoms with E-state index in [9.17, 15) is 14.0 Å². The molecule has 0 bridgehead atoms. The Bertz CT molecular complexity index is 1750. The summed E-state index contributed by atoms with van der Waals surface area (Å²) in [5.74, 6) is 0.0377. The van der Waals surface area contributed by atoms with Gasteiger partial charge >= 0.3 is 5.97 Å². The van der Waals surface area contributed by atoms with Crippen molar-refractivity contribution in [3.8, 4) is 45.5 Å². The Kier molecular flexibility index (Phi) is 8.01. The fourth-order valence-electron chi connectivity index (χ4n) is 4.46. The summed E-state index contributed by atoms with van der Waals surface area (Å²) < 4.78 is 31.7. The van der Waals surface area contributed by atoms with Crippen molar-refractivity contribution in [2.45, 2.75) is 13.8 Å². The number of anilines is 1. The van der Waals surface area contributed by atoms with Crippen molar-refractivity contribution < 1.29 is 28.2 Å². The van der Waals surface area contributed by atoms with Gasteiger partial charge in [-0.3, -0.25) is 9.59 Å². The minimum Gasteiger partial charge on any atom is -0.497 e. The molecule has 0 fully saturated rings. The predicted molar refractivity (Wildman–Crippen MR) is 158 cm³/mol. The van der Waals surface area contributed by atoms with Crippen LogP contribution >= 0.6 is 0 Å². The molecular formula is C33H28FN3O5. The van der Waals surface area contributed by atoms with Crippen LogP contribution in [0.15, 0.2) is 91.0 Å². The van der Waals surface area contributed by atoms with Crippen LogP contribution in [-0.4, -0.2) is 35.9 Å². The quantitative estimate of drug-likeness (QED) is 0.207. The maximum atomic E-state index is 13.3. The molecule has 0 saturated carbocycles. The number of aromatic nitrogens is 2. The Balaban J connectivity index is 1.64. The van der Waals surface area contributed by atoms with Gasteiger partial charge in [0, 0.05) is 29.8 Å². The van der Waals surface area contributed by atoms with Crippen LogP contribution in [0.1, 0.15) is 22.8 Å². The van der Waals surface area contributed by atoms with Crippen molar-refractivity contribution >= 4 is 17.6 Å². The van der Waals surface area contributed by atoms with E-state index < -0.39 is 11.8 Å². The van der Waals surface area contributed by atoms with E-state index in [0.717, 1.165) is 5.56 Å². The summed E-state index contributed by atoms with van der Waals surface area (Å²) in [5.41, 5.74) is 5.00. The lowest BCUT2D eigenvalue weighted by Crippen LogP contribution is -2.11. The van der Waals surface area contributed by atoms with Gasteiger partial charge in [0.2, 0.25) is 5.88 Å². The average Bonchev–Trinajstić information content (AvgIpc) is 3.35. The molecule has 0 aliphatic rings. The summed E-state index contributed by atoms with van der Waals surface area (Å²) in [4.78, 5) is 25.0. The highest BCUT2D eigenvalue weighted by molar-refractivity contribution is 6.04. The largest absolute Gasteiger partial charge is 0.497 e. The Labute approximate surface area is 242 Å². The highest BCUT2D eigenvalue weighted by Gasteiger charge is 2.26. The van der Waals surface area contributed by atoms with Crippen LogP contribution < -0.4 is 19.5 Å². The normalized spacial score (nSPS) is 10.7. The standard InChI is InChI=1S/C33H28FN3O5/c1-20-5-15-26(16-6-20)37-33(42-21(2)38)30(31(36-37)28-18-17-27(40-3)19-29(28)41-4)22-9-13-25(14-10-22)35-32(39)23-7-11-24(34)12-8-23/h5-19H,1-4H3,(H,35,39). The molecule has 1 amide bonds. The molecule has 5 rings (SSSR count). The number of carbonyl (C=O) groups excluding carboxylic acids is 2. The van der Waals surface area contributed by atoms with Crippen molar-refractivity contribution in [3.63, 3.8) is 0 Å². The van der Waals surface area contributed by atoms with E-state index in [2.05, 4.69) is 5.32 Å². The molecule has 42 heavy (non-hydrogen) atoms. The lowest BCUT2D eigenvalue weighted by Gasteiger charge is -2.12. The zero-order chi connectivity index (χ0) is 29.8. The smallest absolute Gasteiger partial charge is 0.309 e. The number of benzene rings is 4. The van der Waals surface area contributed by atoms with Crippen LogP contribution in [0, 0.1) is 12.7 Å². The van der Waals surface area contributed by atoms with Gasteiger partial charge in [-0.15, -0.1) is 0 Å². The predicted octanol–water partition coefficient (Wildman–Crippen LogP) is 6.85. The Morgan fingerprint density at radius 2 is 1.55 bits per heavy atom. The van der Waals surface area contributed by atoms with Gasteiger partial charge in [0.25, 0.3) is 5.91 Å². The lowest BCUT2D eigenvalue weighted by molar-refractivity contribution is -0.132. The highest BCUT2D eigenvalue weighted by Crippen LogP contribution is 2.44. The second kappa shape index (κ2) is 12.0. The first-order chi connectivity index (χ1) is 20.3. The molecule has 0 spiro atoms. The summed E-state index contributed by atoms with van der Waals surface area (Å²) in [5, 5.41) is 7.72. The molecule has 9 heteroatoms. The summed E-state index contributed by atoms with van der Waals surface area (Å²) in [6, 6.07) is 25.4. The maximum absolute atomic E-state index is 13.3. The number of ether oxygens (including phenoxy) is 3. The molecule has 0 saturated heterocycles. The van der Waals surface area contributed by atoms with E-state index >= 15 is 0 Å². The number of hydrogen-bond acceptors (Lipinski definition) is 6. The fourth-order valence-corrected chi connectivity index (χ4v) is 4.46. The number of aryl methyl sites for hydroxylation is 1. The Morgan fingerprint density at radius 1 is 0.857 bits per heavy atom. The van der Waals surface area contributed by atoms with E-state index in [-0.39, 0.29) is 11.8 Å². The molecule has 4 aromatic carbocycles. The molecule has 0 aliphatic carbocycles. The highest BCUT2D eigenvalue weighted by atomic mass is 19.1. The number of amides is 1. The lowest BCUT2D eigenvalue weighted by atomic mass is 10.00. The van der Waals surface area contributed by atoms with Crippen molar-refractivity contribution in [2.75, 3.05) is 19.5 Å². The second-order valence-electron chi connectivity index (χ2n) is 9.47. The van der Waals surface area contributed by atoms with Gasteiger partial charge < -0.3 is 19.5 Å². The number of nitrogens with one attached hydrogen (secondary N) is 1. The SMILES string of the molecule is COc1ccc(-c2nn(-c3ccc(C)cc3)c(OC(C)=O)c2-c2ccc(NC(=O)c3ccc(F)cc3)cc2)c(OC)c1. The molecule has 0 radical (unpaired) electrons. The summed E-state index contributed by atoms with van der Waals surface area (Å²) in [7, 11) is 3.13. The third-order valence-electron chi connectivity index (χ3n) is 6.56. The van der Waals surface area contributed by atoms with Crippen molar-refractivity contribution in [1.29, 1.82) is 0 Å². The molecule has 1 N–H and O–H groups in total. The Morgan fingerprint density at radius 3 is 2.17 bits per heavy atom. The van der Waals surface area contributed by atoms with Gasteiger partial charge in [0.05, 0.1) is 25.5 Å². The number of nitrogens with zero attached hydrogens (tertiary/aromatic N) is 2. The molecule has 0 unspecified atom stereocenters. The number of hydrogen-bond donors (Lipinski definition) is 1. The van der Waals surface area contributed by atoms with Crippen LogP contribution in [0.4, 0.5) is 10.1 Å². The monoisotopic (exact) mass is 565 g/mol. The minimum absolute atomic E-state index is 0.224. The number of methoxy groups -OCH3 is 2. The van der Waals surface area contributed by atoms with Crippen molar-refractivity contribution in [2.24, 2.45) is 0 Å². The number of esters is 1. The van der Waals surface area contributed by atoms with Crippen LogP contribution in [0.2, 0.25) is 0 Å². The molecule has 8 nitrogen and oxygen atoms in total. The van der Waals surface area contributed by atoms with E-state index in [4.69, 9.17) is 19.3 Å². The first-order valence-corrected chi connectivity index (χ1v) is 13.1. The molecule has 0 aliphatic heterocycles. The number of halogens is 1. The van der Waals surface area contributed by atoms with E-state index in [0.29, 0.717) is 50.8 Å². The minimum atomic E-state index is -0.513. The van der Waals surface area contributed by atoms with E-state index in [1.54, 1.807) is 55.3 Å². The van der Waals surface area contributed by atoms with Gasteiger partial charge in [-0.2, -0.15) is 9.78 Å². The first-order valence-electron chi connectivity index (χ1n) is 13.1. The third-order valence-corrected chi connectivity index (χ3v) is 6.56. The molecular weight excluding hydrogens is 537 g/mol. The van der Waals surface area contributed by atoms with Gasteiger partial charge in [-0.25, -0.2) is 4.39 Å². The molecule has 212 valence electrons. The van der Waals surface area contributed by atoms with Crippen LogP contribution in [0.5, 0.6) is 17.4 Å². The van der Waals surface area contributed by atoms with Gasteiger partial charge in [0.1, 0.15) is 23.0 Å². The zero-order valence-electron chi connectivity index (χ0n) is 23.5. The summed E-state index contributed by atoms with van der Waals surface area (Å²) >= 11 is 0. The number of carbonyl (C=O) groups is 2. The molecule has 1 aromatic heterocycles. The topological polar surface area (TPSA) is 91.7 Å². The second-order valence-corrected chi connectivity index (χ2v) is 9.47. The molecule has 0 atom stereocenters. The summed E-state index contributed by atoms with van der Waals surface area (Å²) in [6.07, 6.45) is 0. The molecule has 5 aromatic rings. The fraction of sp³-hybridized carbons (Fsp3) is 0.121. The van der Waals surface area contributed by atoms with Crippen LogP contribution in [0.25, 0.3) is 28.1 Å². The van der Waals surface area contributed by atoms with Crippen LogP contribution in [0.3, 0.4) is 0 Å². The third kappa shape index (κ3) is 5.85. The van der Waals surface area contributed by atoms with Gasteiger partial charge in [-0.1, -0.05) is 29.8 Å². The first kappa shape index (κ1) is 28.1.